The normalized spacial score (nSPS) is 29.3. The molecule has 2 bridgehead atoms. The van der Waals surface area contributed by atoms with E-state index in [0.29, 0.717) is 11.8 Å². The number of fused-ring (bicyclic) bond motifs is 5. The molecule has 1 aromatic rings. The molecule has 0 unspecified atom stereocenters. The quantitative estimate of drug-likeness (QED) is 0.454. The van der Waals surface area contributed by atoms with Gasteiger partial charge in [-0.1, -0.05) is 24.3 Å². The van der Waals surface area contributed by atoms with Crippen LogP contribution < -0.4 is 5.73 Å². The monoisotopic (exact) mass is 157 g/mol. The summed E-state index contributed by atoms with van der Waals surface area (Å²) in [6.07, 6.45) is 5.86. The molecule has 12 heavy (non-hydrogen) atoms. The number of rotatable bonds is 0. The van der Waals surface area contributed by atoms with E-state index in [1.807, 2.05) is 6.07 Å². The largest absolute Gasteiger partial charge is 0.398 e. The molecular formula is C11H11N. The summed E-state index contributed by atoms with van der Waals surface area (Å²) < 4.78 is 0. The summed E-state index contributed by atoms with van der Waals surface area (Å²) >= 11 is 0. The molecule has 2 aliphatic rings. The van der Waals surface area contributed by atoms with Crippen LogP contribution in [-0.2, 0) is 0 Å². The van der Waals surface area contributed by atoms with Gasteiger partial charge in [0.2, 0.25) is 0 Å². The summed E-state index contributed by atoms with van der Waals surface area (Å²) in [5.41, 5.74) is 9.75. The Labute approximate surface area is 71.9 Å². The number of allylic oxidation sites excluding steroid dienone is 2. The molecule has 0 heterocycles. The second-order valence-electron chi connectivity index (χ2n) is 3.68. The molecule has 0 aromatic heterocycles. The van der Waals surface area contributed by atoms with Crippen molar-refractivity contribution in [1.82, 2.24) is 0 Å². The zero-order chi connectivity index (χ0) is 8.13. The van der Waals surface area contributed by atoms with Gasteiger partial charge in [-0.2, -0.15) is 0 Å². The standard InChI is InChI=1S/C11H11N/c12-10-3-1-2-9-7-4-5-8(6-7)11(9)10/h1-5,7-8H,6,12H2/t7-,8+/m0/s1. The first-order valence-corrected chi connectivity index (χ1v) is 4.43. The fourth-order valence-electron chi connectivity index (χ4n) is 2.50. The number of nitrogen functional groups attached to an aromatic ring is 1. The first-order valence-electron chi connectivity index (χ1n) is 4.43. The molecule has 0 amide bonds. The van der Waals surface area contributed by atoms with Crippen LogP contribution in [0.2, 0.25) is 0 Å². The summed E-state index contributed by atoms with van der Waals surface area (Å²) in [7, 11) is 0. The van der Waals surface area contributed by atoms with Gasteiger partial charge in [-0.3, -0.25) is 0 Å². The van der Waals surface area contributed by atoms with E-state index in [2.05, 4.69) is 24.3 Å². The van der Waals surface area contributed by atoms with Crippen molar-refractivity contribution in [1.29, 1.82) is 0 Å². The van der Waals surface area contributed by atoms with Crippen LogP contribution in [0.4, 0.5) is 5.69 Å². The SMILES string of the molecule is Nc1cccc2c1[C@@H]1C=C[C@H]2C1. The van der Waals surface area contributed by atoms with Crippen molar-refractivity contribution in [2.45, 2.75) is 18.3 Å². The van der Waals surface area contributed by atoms with Gasteiger partial charge in [0.25, 0.3) is 0 Å². The Kier molecular flexibility index (Phi) is 1.01. The molecule has 0 spiro atoms. The third-order valence-electron chi connectivity index (χ3n) is 3.03. The van der Waals surface area contributed by atoms with Crippen LogP contribution >= 0.6 is 0 Å². The molecule has 3 rings (SSSR count). The number of nitrogens with two attached hydrogens (primary N) is 1. The minimum Gasteiger partial charge on any atom is -0.398 e. The molecule has 2 atom stereocenters. The third-order valence-corrected chi connectivity index (χ3v) is 3.03. The minimum absolute atomic E-state index is 0.617. The second-order valence-corrected chi connectivity index (χ2v) is 3.68. The fraction of sp³-hybridized carbons (Fsp3) is 0.273. The van der Waals surface area contributed by atoms with Gasteiger partial charge in [-0.05, 0) is 23.6 Å². The highest BCUT2D eigenvalue weighted by atomic mass is 14.6. The Hall–Kier alpha value is -1.24. The number of hydrogen-bond acceptors (Lipinski definition) is 1. The molecule has 1 heteroatoms. The molecule has 60 valence electrons. The molecule has 1 aromatic carbocycles. The average molecular weight is 157 g/mol. The summed E-state index contributed by atoms with van der Waals surface area (Å²) in [5, 5.41) is 0. The molecule has 0 radical (unpaired) electrons. The lowest BCUT2D eigenvalue weighted by molar-refractivity contribution is 0.805. The molecule has 0 aliphatic heterocycles. The second kappa shape index (κ2) is 1.92. The van der Waals surface area contributed by atoms with Crippen LogP contribution in [0, 0.1) is 0 Å². The van der Waals surface area contributed by atoms with Gasteiger partial charge in [0.1, 0.15) is 0 Å². The number of benzene rings is 1. The van der Waals surface area contributed by atoms with Crippen LogP contribution in [0.5, 0.6) is 0 Å². The van der Waals surface area contributed by atoms with Crippen molar-refractivity contribution in [2.75, 3.05) is 5.73 Å². The maximum Gasteiger partial charge on any atom is 0.0355 e. The smallest absolute Gasteiger partial charge is 0.0355 e. The van der Waals surface area contributed by atoms with E-state index in [4.69, 9.17) is 5.73 Å². The highest BCUT2D eigenvalue weighted by Crippen LogP contribution is 2.50. The summed E-state index contributed by atoms with van der Waals surface area (Å²) in [6, 6.07) is 6.27. The van der Waals surface area contributed by atoms with Crippen LogP contribution in [0.25, 0.3) is 0 Å². The lowest BCUT2D eigenvalue weighted by atomic mass is 9.95. The van der Waals surface area contributed by atoms with Gasteiger partial charge in [-0.25, -0.2) is 0 Å². The van der Waals surface area contributed by atoms with E-state index in [0.717, 1.165) is 5.69 Å². The van der Waals surface area contributed by atoms with Crippen LogP contribution in [0.3, 0.4) is 0 Å². The zero-order valence-electron chi connectivity index (χ0n) is 6.83. The number of hydrogen-bond donors (Lipinski definition) is 1. The molecule has 1 nitrogen and oxygen atoms in total. The van der Waals surface area contributed by atoms with Crippen LogP contribution in [0.1, 0.15) is 29.4 Å². The molecule has 0 saturated heterocycles. The minimum atomic E-state index is 0.617. The Balaban J connectivity index is 2.30. The van der Waals surface area contributed by atoms with E-state index in [9.17, 15) is 0 Å². The fourth-order valence-corrected chi connectivity index (χ4v) is 2.50. The van der Waals surface area contributed by atoms with E-state index < -0.39 is 0 Å². The van der Waals surface area contributed by atoms with Gasteiger partial charge in [0, 0.05) is 17.5 Å². The zero-order valence-corrected chi connectivity index (χ0v) is 6.83. The first kappa shape index (κ1) is 6.30. The molecule has 0 fully saturated rings. The van der Waals surface area contributed by atoms with Gasteiger partial charge in [0.15, 0.2) is 0 Å². The lowest BCUT2D eigenvalue weighted by Gasteiger charge is -2.11. The Bertz CT molecular complexity index is 365. The van der Waals surface area contributed by atoms with Crippen LogP contribution in [0.15, 0.2) is 30.4 Å². The lowest BCUT2D eigenvalue weighted by Crippen LogP contribution is -1.98. The van der Waals surface area contributed by atoms with Crippen molar-refractivity contribution in [3.63, 3.8) is 0 Å². The first-order chi connectivity index (χ1) is 5.86. The molecule has 2 aliphatic carbocycles. The highest BCUT2D eigenvalue weighted by Gasteiger charge is 2.33. The highest BCUT2D eigenvalue weighted by molar-refractivity contribution is 5.60. The predicted octanol–water partition coefficient (Wildman–Crippen LogP) is 2.41. The van der Waals surface area contributed by atoms with E-state index in [1.165, 1.54) is 17.5 Å². The van der Waals surface area contributed by atoms with Crippen molar-refractivity contribution >= 4 is 5.69 Å². The third kappa shape index (κ3) is 0.596. The van der Waals surface area contributed by atoms with Gasteiger partial charge < -0.3 is 5.73 Å². The average Bonchev–Trinajstić information content (AvgIpc) is 2.64. The van der Waals surface area contributed by atoms with Crippen molar-refractivity contribution in [2.24, 2.45) is 0 Å². The topological polar surface area (TPSA) is 26.0 Å². The van der Waals surface area contributed by atoms with Gasteiger partial charge in [0.05, 0.1) is 0 Å². The Morgan fingerprint density at radius 3 is 2.83 bits per heavy atom. The van der Waals surface area contributed by atoms with Gasteiger partial charge in [-0.15, -0.1) is 0 Å². The summed E-state index contributed by atoms with van der Waals surface area (Å²) in [5.74, 6) is 1.28. The van der Waals surface area contributed by atoms with Crippen molar-refractivity contribution < 1.29 is 0 Å². The molecular weight excluding hydrogens is 146 g/mol. The maximum atomic E-state index is 5.92. The summed E-state index contributed by atoms with van der Waals surface area (Å²) in [6.45, 7) is 0. The Morgan fingerprint density at radius 2 is 2.00 bits per heavy atom. The maximum absolute atomic E-state index is 5.92. The summed E-state index contributed by atoms with van der Waals surface area (Å²) in [4.78, 5) is 0. The van der Waals surface area contributed by atoms with E-state index >= 15 is 0 Å². The predicted molar refractivity (Wildman–Crippen MR) is 50.1 cm³/mol. The Morgan fingerprint density at radius 1 is 1.17 bits per heavy atom. The van der Waals surface area contributed by atoms with Crippen molar-refractivity contribution in [3.8, 4) is 0 Å². The van der Waals surface area contributed by atoms with Crippen molar-refractivity contribution in [3.05, 3.63) is 41.5 Å². The molecule has 0 saturated carbocycles. The van der Waals surface area contributed by atoms with E-state index in [-0.39, 0.29) is 0 Å². The molecule has 2 N–H and O–H groups in total. The van der Waals surface area contributed by atoms with Crippen LogP contribution in [-0.4, -0.2) is 0 Å². The van der Waals surface area contributed by atoms with Gasteiger partial charge >= 0.3 is 0 Å². The van der Waals surface area contributed by atoms with E-state index in [1.54, 1.807) is 0 Å². The number of anilines is 1.